The summed E-state index contributed by atoms with van der Waals surface area (Å²) in [6, 6.07) is 7.56. The summed E-state index contributed by atoms with van der Waals surface area (Å²) in [6.45, 7) is 0.181. The zero-order valence-corrected chi connectivity index (χ0v) is 17.7. The molecule has 1 unspecified atom stereocenters. The van der Waals surface area contributed by atoms with Crippen LogP contribution in [0, 0.1) is 5.82 Å². The van der Waals surface area contributed by atoms with E-state index in [1.807, 2.05) is 0 Å². The van der Waals surface area contributed by atoms with Crippen LogP contribution in [0.1, 0.15) is 16.8 Å². The van der Waals surface area contributed by atoms with E-state index in [4.69, 9.17) is 10.5 Å². The average Bonchev–Trinajstić information content (AvgIpc) is 2.74. The summed E-state index contributed by atoms with van der Waals surface area (Å²) in [5, 5.41) is 13.2. The number of likely N-dealkylation sites (N-methyl/N-ethyl adjacent to an activating group) is 1. The summed E-state index contributed by atoms with van der Waals surface area (Å²) in [6.07, 6.45) is 1.86. The number of ether oxygens (including phenoxy) is 1. The number of nitrogens with one attached hydrogen (secondary N) is 1. The van der Waals surface area contributed by atoms with E-state index >= 15 is 0 Å². The second kappa shape index (κ2) is 9.25. The molecule has 10 heteroatoms. The predicted molar refractivity (Wildman–Crippen MR) is 115 cm³/mol. The number of halogens is 1. The van der Waals surface area contributed by atoms with Gasteiger partial charge in [0.1, 0.15) is 5.82 Å². The highest BCUT2D eigenvalue weighted by atomic mass is 19.1. The smallest absolute Gasteiger partial charge is 0.360 e. The second-order valence-electron chi connectivity index (χ2n) is 7.60. The van der Waals surface area contributed by atoms with Crippen molar-refractivity contribution in [2.45, 2.75) is 6.42 Å². The Morgan fingerprint density at radius 1 is 1.25 bits per heavy atom. The van der Waals surface area contributed by atoms with Gasteiger partial charge in [0.05, 0.1) is 13.7 Å². The molecule has 0 radical (unpaired) electrons. The number of nitrogens with two attached hydrogens (primary N) is 1. The Bertz CT molecular complexity index is 1100. The molecule has 0 saturated heterocycles. The zero-order chi connectivity index (χ0) is 23.5. The number of hydrogen-bond donors (Lipinski definition) is 3. The second-order valence-corrected chi connectivity index (χ2v) is 7.60. The number of fused-ring (bicyclic) bond motifs is 1. The third-order valence-corrected chi connectivity index (χ3v) is 5.24. The molecule has 3 rings (SSSR count). The van der Waals surface area contributed by atoms with E-state index in [0.717, 1.165) is 5.56 Å². The number of pyridine rings is 1. The molecule has 9 nitrogen and oxygen atoms in total. The fourth-order valence-corrected chi connectivity index (χ4v) is 3.58. The molecule has 1 aromatic carbocycles. The molecule has 1 aromatic heterocycles. The molecule has 1 atom stereocenters. The first-order valence-corrected chi connectivity index (χ1v) is 9.80. The molecule has 2 heterocycles. The van der Waals surface area contributed by atoms with Gasteiger partial charge in [-0.2, -0.15) is 0 Å². The van der Waals surface area contributed by atoms with Crippen molar-refractivity contribution in [1.29, 1.82) is 0 Å². The van der Waals surface area contributed by atoms with E-state index < -0.39 is 33.5 Å². The maximum absolute atomic E-state index is 13.2. The highest BCUT2D eigenvalue weighted by Gasteiger charge is 2.49. The predicted octanol–water partition coefficient (Wildman–Crippen LogP) is 0.806. The Morgan fingerprint density at radius 3 is 2.56 bits per heavy atom. The molecule has 0 bridgehead atoms. The van der Waals surface area contributed by atoms with Gasteiger partial charge in [-0.3, -0.25) is 9.59 Å². The van der Waals surface area contributed by atoms with Crippen molar-refractivity contribution in [2.24, 2.45) is 5.73 Å². The lowest BCUT2D eigenvalue weighted by atomic mass is 9.98. The molecule has 168 valence electrons. The van der Waals surface area contributed by atoms with Gasteiger partial charge in [-0.1, -0.05) is 12.1 Å². The van der Waals surface area contributed by atoms with E-state index in [0.29, 0.717) is 12.0 Å². The maximum atomic E-state index is 13.2. The van der Waals surface area contributed by atoms with Crippen LogP contribution in [-0.4, -0.2) is 61.7 Å². The summed E-state index contributed by atoms with van der Waals surface area (Å²) >= 11 is 0. The van der Waals surface area contributed by atoms with Crippen LogP contribution in [0.5, 0.6) is 0 Å². The summed E-state index contributed by atoms with van der Waals surface area (Å²) < 4.78 is 17.5. The number of rotatable bonds is 8. The number of aliphatic hydroxyl groups is 1. The minimum Gasteiger partial charge on any atom is -0.504 e. The SMILES string of the molecule is COCCNC(=O)C[N+]1(C)C(=O)C(C(N)=O)=C(O)c2ncc(Cc3ccc(F)cc3)cc21. The van der Waals surface area contributed by atoms with Crippen LogP contribution in [0.4, 0.5) is 10.1 Å². The number of amides is 3. The zero-order valence-electron chi connectivity index (χ0n) is 17.7. The molecule has 0 fully saturated rings. The first-order valence-electron chi connectivity index (χ1n) is 9.80. The van der Waals surface area contributed by atoms with Crippen LogP contribution in [0.3, 0.4) is 0 Å². The van der Waals surface area contributed by atoms with E-state index in [9.17, 15) is 23.9 Å². The number of primary amides is 1. The van der Waals surface area contributed by atoms with Crippen molar-refractivity contribution in [3.05, 3.63) is 64.7 Å². The van der Waals surface area contributed by atoms with Gasteiger partial charge in [0.15, 0.2) is 29.3 Å². The van der Waals surface area contributed by atoms with Gasteiger partial charge in [0, 0.05) is 25.9 Å². The number of carbonyl (C=O) groups is 3. The number of hydrogen-bond acceptors (Lipinski definition) is 6. The normalized spacial score (nSPS) is 17.8. The van der Waals surface area contributed by atoms with Gasteiger partial charge in [-0.15, -0.1) is 0 Å². The Hall–Kier alpha value is -3.63. The van der Waals surface area contributed by atoms with Crippen LogP contribution < -0.4 is 15.5 Å². The number of methoxy groups -OCH3 is 1. The number of aromatic nitrogens is 1. The quantitative estimate of drug-likeness (QED) is 0.314. The Balaban J connectivity index is 2.04. The molecule has 2 aromatic rings. The van der Waals surface area contributed by atoms with Gasteiger partial charge < -0.3 is 20.9 Å². The lowest BCUT2D eigenvalue weighted by Gasteiger charge is -2.34. The topological polar surface area (TPSA) is 132 Å². The van der Waals surface area contributed by atoms with Crippen molar-refractivity contribution in [3.8, 4) is 0 Å². The molecular formula is C22H24FN4O5+. The van der Waals surface area contributed by atoms with Gasteiger partial charge >= 0.3 is 5.91 Å². The first kappa shape index (κ1) is 23.0. The molecule has 0 aliphatic carbocycles. The monoisotopic (exact) mass is 443 g/mol. The van der Waals surface area contributed by atoms with Gasteiger partial charge in [-0.05, 0) is 29.7 Å². The van der Waals surface area contributed by atoms with Crippen molar-refractivity contribution >= 4 is 29.2 Å². The maximum Gasteiger partial charge on any atom is 0.360 e. The van der Waals surface area contributed by atoms with Crippen molar-refractivity contribution in [1.82, 2.24) is 14.8 Å². The Kier molecular flexibility index (Phi) is 6.66. The third-order valence-electron chi connectivity index (χ3n) is 5.24. The van der Waals surface area contributed by atoms with Crippen LogP contribution in [-0.2, 0) is 25.5 Å². The molecule has 0 spiro atoms. The van der Waals surface area contributed by atoms with Crippen LogP contribution in [0.2, 0.25) is 0 Å². The van der Waals surface area contributed by atoms with Gasteiger partial charge in [0.2, 0.25) is 0 Å². The summed E-state index contributed by atoms with van der Waals surface area (Å²) in [5.41, 5.74) is 6.45. The summed E-state index contributed by atoms with van der Waals surface area (Å²) in [4.78, 5) is 41.9. The number of nitrogens with zero attached hydrogens (tertiary/aromatic N) is 2. The number of carbonyl (C=O) groups excluding carboxylic acids is 3. The molecule has 1 aliphatic rings. The highest BCUT2D eigenvalue weighted by Crippen LogP contribution is 2.37. The Morgan fingerprint density at radius 2 is 1.94 bits per heavy atom. The van der Waals surface area contributed by atoms with Crippen molar-refractivity contribution in [2.75, 3.05) is 33.9 Å². The number of quaternary nitrogens is 1. The highest BCUT2D eigenvalue weighted by molar-refractivity contribution is 6.27. The van der Waals surface area contributed by atoms with Gasteiger partial charge in [0.25, 0.3) is 11.8 Å². The van der Waals surface area contributed by atoms with Crippen LogP contribution in [0.25, 0.3) is 5.76 Å². The fraction of sp³-hybridized carbons (Fsp3) is 0.273. The van der Waals surface area contributed by atoms with E-state index in [1.165, 1.54) is 32.5 Å². The van der Waals surface area contributed by atoms with Gasteiger partial charge in [-0.25, -0.2) is 18.7 Å². The lowest BCUT2D eigenvalue weighted by molar-refractivity contribution is -0.133. The van der Waals surface area contributed by atoms with Crippen LogP contribution in [0.15, 0.2) is 42.1 Å². The molecule has 3 amide bonds. The fourth-order valence-electron chi connectivity index (χ4n) is 3.58. The molecule has 1 aliphatic heterocycles. The van der Waals surface area contributed by atoms with E-state index in [2.05, 4.69) is 10.3 Å². The van der Waals surface area contributed by atoms with Crippen molar-refractivity contribution < 1.29 is 28.6 Å². The third kappa shape index (κ3) is 4.51. The van der Waals surface area contributed by atoms with Crippen LogP contribution >= 0.6 is 0 Å². The van der Waals surface area contributed by atoms with E-state index in [1.54, 1.807) is 18.2 Å². The molecule has 4 N–H and O–H groups in total. The molecular weight excluding hydrogens is 419 g/mol. The minimum atomic E-state index is -1.11. The largest absolute Gasteiger partial charge is 0.504 e. The minimum absolute atomic E-state index is 0.00607. The average molecular weight is 443 g/mol. The summed E-state index contributed by atoms with van der Waals surface area (Å²) in [5.74, 6) is -3.37. The Labute approximate surface area is 183 Å². The lowest BCUT2D eigenvalue weighted by Crippen LogP contribution is -2.59. The van der Waals surface area contributed by atoms with E-state index in [-0.39, 0.29) is 36.9 Å². The van der Waals surface area contributed by atoms with Crippen molar-refractivity contribution in [3.63, 3.8) is 0 Å². The number of benzene rings is 1. The summed E-state index contributed by atoms with van der Waals surface area (Å²) in [7, 11) is 2.95. The molecule has 32 heavy (non-hydrogen) atoms. The first-order chi connectivity index (χ1) is 15.2. The number of aliphatic hydroxyl groups excluding tert-OH is 1. The molecule has 0 saturated carbocycles. The standard InChI is InChI=1S/C22H23FN4O5/c1-27(12-17(28)25-7-8-32-2)16-10-14(9-13-3-5-15(23)6-4-13)11-26-19(16)20(29)18(21(24)30)22(27)31/h3-6,10-11H,7-9,12H2,1-2H3,(H3-,24,25,28,29,30,31)/p+1.